The first-order valence-electron chi connectivity index (χ1n) is 6.62. The first-order chi connectivity index (χ1) is 9.54. The van der Waals surface area contributed by atoms with Crippen LogP contribution in [0.3, 0.4) is 0 Å². The van der Waals surface area contributed by atoms with E-state index in [1.807, 2.05) is 0 Å². The quantitative estimate of drug-likeness (QED) is 0.902. The minimum absolute atomic E-state index is 0.0316. The molecule has 0 aromatic heterocycles. The second kappa shape index (κ2) is 7.02. The third-order valence-corrected chi connectivity index (χ3v) is 3.63. The number of halogens is 2. The van der Waals surface area contributed by atoms with Crippen molar-refractivity contribution in [1.82, 2.24) is 4.90 Å². The van der Waals surface area contributed by atoms with Gasteiger partial charge in [0, 0.05) is 25.2 Å². The normalized spacial score (nSPS) is 17.1. The van der Waals surface area contributed by atoms with E-state index in [1.54, 1.807) is 6.07 Å². The van der Waals surface area contributed by atoms with Gasteiger partial charge in [0.25, 0.3) is 0 Å². The smallest absolute Gasteiger partial charge is 0.184 e. The second-order valence-corrected chi connectivity index (χ2v) is 5.42. The molecule has 0 aliphatic carbocycles. The molecular weight excluding hydrogens is 283 g/mol. The van der Waals surface area contributed by atoms with Crippen LogP contribution in [0.4, 0.5) is 4.39 Å². The number of piperidine rings is 1. The summed E-state index contributed by atoms with van der Waals surface area (Å²) in [7, 11) is 0. The van der Waals surface area contributed by atoms with E-state index < -0.39 is 5.82 Å². The monoisotopic (exact) mass is 300 g/mol. The molecule has 4 nitrogen and oxygen atoms in total. The zero-order chi connectivity index (χ0) is 14.5. The van der Waals surface area contributed by atoms with E-state index in [2.05, 4.69) is 4.90 Å². The SMILES string of the molecule is NC1CCN(CC(=O)COc2ccc(Cl)c(F)c2)CC1. The Morgan fingerprint density at radius 3 is 2.80 bits per heavy atom. The molecule has 0 atom stereocenters. The van der Waals surface area contributed by atoms with Gasteiger partial charge < -0.3 is 10.5 Å². The zero-order valence-corrected chi connectivity index (χ0v) is 11.9. The minimum Gasteiger partial charge on any atom is -0.486 e. The Bertz CT molecular complexity index is 476. The predicted octanol–water partition coefficient (Wildman–Crippen LogP) is 1.85. The lowest BCUT2D eigenvalue weighted by molar-refractivity contribution is -0.122. The maximum absolute atomic E-state index is 13.2. The van der Waals surface area contributed by atoms with Crippen LogP contribution in [0.15, 0.2) is 18.2 Å². The van der Waals surface area contributed by atoms with Gasteiger partial charge in [-0.05, 0) is 25.0 Å². The summed E-state index contributed by atoms with van der Waals surface area (Å²) in [6.45, 7) is 1.96. The summed E-state index contributed by atoms with van der Waals surface area (Å²) in [5.74, 6) is -0.279. The largest absolute Gasteiger partial charge is 0.486 e. The number of rotatable bonds is 5. The number of ketones is 1. The number of carbonyl (C=O) groups excluding carboxylic acids is 1. The van der Waals surface area contributed by atoms with Crippen molar-refractivity contribution < 1.29 is 13.9 Å². The maximum atomic E-state index is 13.2. The molecule has 0 saturated carbocycles. The van der Waals surface area contributed by atoms with Crippen molar-refractivity contribution >= 4 is 17.4 Å². The molecule has 2 rings (SSSR count). The molecule has 20 heavy (non-hydrogen) atoms. The highest BCUT2D eigenvalue weighted by Crippen LogP contribution is 2.20. The number of benzene rings is 1. The lowest BCUT2D eigenvalue weighted by Gasteiger charge is -2.29. The highest BCUT2D eigenvalue weighted by atomic mass is 35.5. The Kier molecular flexibility index (Phi) is 5.34. The van der Waals surface area contributed by atoms with Gasteiger partial charge in [-0.25, -0.2) is 4.39 Å². The molecule has 110 valence electrons. The molecule has 0 bridgehead atoms. The van der Waals surface area contributed by atoms with Crippen molar-refractivity contribution in [2.45, 2.75) is 18.9 Å². The Morgan fingerprint density at radius 1 is 1.45 bits per heavy atom. The summed E-state index contributed by atoms with van der Waals surface area (Å²) in [5, 5.41) is 0.0355. The van der Waals surface area contributed by atoms with Gasteiger partial charge in [0.2, 0.25) is 0 Å². The standard InChI is InChI=1S/C14H18ClFN2O2/c15-13-2-1-12(7-14(13)16)20-9-11(19)8-18-5-3-10(17)4-6-18/h1-2,7,10H,3-6,8-9,17H2. The van der Waals surface area contributed by atoms with Crippen LogP contribution in [-0.2, 0) is 4.79 Å². The fraction of sp³-hybridized carbons (Fsp3) is 0.500. The van der Waals surface area contributed by atoms with Crippen LogP contribution in [0.2, 0.25) is 5.02 Å². The van der Waals surface area contributed by atoms with Crippen molar-refractivity contribution in [1.29, 1.82) is 0 Å². The van der Waals surface area contributed by atoms with Gasteiger partial charge >= 0.3 is 0 Å². The third kappa shape index (κ3) is 4.44. The van der Waals surface area contributed by atoms with Gasteiger partial charge in [0.1, 0.15) is 18.2 Å². The Hall–Kier alpha value is -1.17. The number of hydrogen-bond acceptors (Lipinski definition) is 4. The maximum Gasteiger partial charge on any atom is 0.184 e. The lowest BCUT2D eigenvalue weighted by Crippen LogP contribution is -2.42. The van der Waals surface area contributed by atoms with Crippen LogP contribution in [0.25, 0.3) is 0 Å². The van der Waals surface area contributed by atoms with E-state index in [0.717, 1.165) is 25.9 Å². The van der Waals surface area contributed by atoms with Gasteiger partial charge in [0.15, 0.2) is 5.78 Å². The molecule has 1 fully saturated rings. The summed E-state index contributed by atoms with van der Waals surface area (Å²) < 4.78 is 18.5. The van der Waals surface area contributed by atoms with Crippen LogP contribution in [0, 0.1) is 5.82 Å². The van der Waals surface area contributed by atoms with Crippen molar-refractivity contribution in [2.75, 3.05) is 26.2 Å². The number of carbonyl (C=O) groups is 1. The first kappa shape index (κ1) is 15.2. The molecule has 1 heterocycles. The fourth-order valence-corrected chi connectivity index (χ4v) is 2.25. The van der Waals surface area contributed by atoms with E-state index in [9.17, 15) is 9.18 Å². The van der Waals surface area contributed by atoms with Crippen molar-refractivity contribution in [3.05, 3.63) is 29.0 Å². The Labute approximate surface area is 122 Å². The zero-order valence-electron chi connectivity index (χ0n) is 11.1. The van der Waals surface area contributed by atoms with E-state index in [0.29, 0.717) is 12.3 Å². The number of ether oxygens (including phenoxy) is 1. The molecular formula is C14H18ClFN2O2. The molecule has 1 aliphatic rings. The number of Topliss-reactive ketones (excluding diaryl/α,β-unsaturated/α-hetero) is 1. The number of likely N-dealkylation sites (tertiary alicyclic amines) is 1. The molecule has 1 aromatic rings. The minimum atomic E-state index is -0.554. The van der Waals surface area contributed by atoms with Crippen LogP contribution < -0.4 is 10.5 Å². The molecule has 0 amide bonds. The molecule has 0 unspecified atom stereocenters. The van der Waals surface area contributed by atoms with Crippen molar-refractivity contribution in [3.8, 4) is 5.75 Å². The van der Waals surface area contributed by atoms with E-state index in [-0.39, 0.29) is 23.5 Å². The average Bonchev–Trinajstić information content (AvgIpc) is 2.43. The number of nitrogens with two attached hydrogens (primary N) is 1. The molecule has 1 saturated heterocycles. The molecule has 2 N–H and O–H groups in total. The summed E-state index contributed by atoms with van der Waals surface area (Å²) in [6.07, 6.45) is 1.83. The third-order valence-electron chi connectivity index (χ3n) is 3.32. The van der Waals surface area contributed by atoms with Crippen LogP contribution in [-0.4, -0.2) is 43.0 Å². The van der Waals surface area contributed by atoms with Crippen LogP contribution in [0.1, 0.15) is 12.8 Å². The fourth-order valence-electron chi connectivity index (χ4n) is 2.14. The van der Waals surface area contributed by atoms with Crippen molar-refractivity contribution in [2.24, 2.45) is 5.73 Å². The van der Waals surface area contributed by atoms with Gasteiger partial charge in [-0.2, -0.15) is 0 Å². The Morgan fingerprint density at radius 2 is 2.15 bits per heavy atom. The summed E-state index contributed by atoms with van der Waals surface area (Å²) >= 11 is 5.57. The van der Waals surface area contributed by atoms with Gasteiger partial charge in [-0.3, -0.25) is 9.69 Å². The van der Waals surface area contributed by atoms with Crippen LogP contribution >= 0.6 is 11.6 Å². The van der Waals surface area contributed by atoms with E-state index in [4.69, 9.17) is 22.1 Å². The molecule has 0 spiro atoms. The highest BCUT2D eigenvalue weighted by Gasteiger charge is 2.18. The molecule has 1 aliphatic heterocycles. The van der Waals surface area contributed by atoms with Gasteiger partial charge in [-0.1, -0.05) is 11.6 Å². The summed E-state index contributed by atoms with van der Waals surface area (Å²) in [6, 6.07) is 4.37. The average molecular weight is 301 g/mol. The molecule has 1 aromatic carbocycles. The predicted molar refractivity (Wildman–Crippen MR) is 75.6 cm³/mol. The van der Waals surface area contributed by atoms with Crippen LogP contribution in [0.5, 0.6) is 5.75 Å². The van der Waals surface area contributed by atoms with Gasteiger partial charge in [-0.15, -0.1) is 0 Å². The first-order valence-corrected chi connectivity index (χ1v) is 7.00. The molecule has 6 heteroatoms. The topological polar surface area (TPSA) is 55.6 Å². The summed E-state index contributed by atoms with van der Waals surface area (Å²) in [5.41, 5.74) is 5.81. The number of hydrogen-bond donors (Lipinski definition) is 1. The van der Waals surface area contributed by atoms with E-state index in [1.165, 1.54) is 12.1 Å². The Balaban J connectivity index is 1.76. The highest BCUT2D eigenvalue weighted by molar-refractivity contribution is 6.30. The molecule has 0 radical (unpaired) electrons. The van der Waals surface area contributed by atoms with Crippen molar-refractivity contribution in [3.63, 3.8) is 0 Å². The van der Waals surface area contributed by atoms with E-state index >= 15 is 0 Å². The lowest BCUT2D eigenvalue weighted by atomic mass is 10.1. The van der Waals surface area contributed by atoms with Gasteiger partial charge in [0.05, 0.1) is 11.6 Å². The summed E-state index contributed by atoms with van der Waals surface area (Å²) in [4.78, 5) is 13.9. The number of nitrogens with zero attached hydrogens (tertiary/aromatic N) is 1. The second-order valence-electron chi connectivity index (χ2n) is 5.02.